The van der Waals surface area contributed by atoms with E-state index in [-0.39, 0.29) is 11.4 Å². The predicted molar refractivity (Wildman–Crippen MR) is 78.9 cm³/mol. The van der Waals surface area contributed by atoms with E-state index >= 15 is 0 Å². The first kappa shape index (κ1) is 14.8. The Morgan fingerprint density at radius 1 is 1.60 bits per heavy atom. The SMILES string of the molecule is CCOC(=O)c1cccnc1NCC1(C)CCCNC1. The zero-order valence-corrected chi connectivity index (χ0v) is 12.2. The van der Waals surface area contributed by atoms with Gasteiger partial charge in [-0.2, -0.15) is 0 Å². The maximum Gasteiger partial charge on any atom is 0.341 e. The van der Waals surface area contributed by atoms with E-state index in [1.165, 1.54) is 12.8 Å². The van der Waals surface area contributed by atoms with Crippen molar-refractivity contribution in [1.82, 2.24) is 10.3 Å². The second kappa shape index (κ2) is 6.70. The first-order valence-electron chi connectivity index (χ1n) is 7.21. The van der Waals surface area contributed by atoms with Crippen molar-refractivity contribution < 1.29 is 9.53 Å². The average molecular weight is 277 g/mol. The summed E-state index contributed by atoms with van der Waals surface area (Å²) in [5.41, 5.74) is 0.698. The molecular formula is C15H23N3O2. The number of esters is 1. The van der Waals surface area contributed by atoms with Crippen molar-refractivity contribution in [2.24, 2.45) is 5.41 Å². The van der Waals surface area contributed by atoms with Gasteiger partial charge in [0.25, 0.3) is 0 Å². The van der Waals surface area contributed by atoms with Crippen LogP contribution in [0.3, 0.4) is 0 Å². The van der Waals surface area contributed by atoms with Crippen LogP contribution in [0.25, 0.3) is 0 Å². The molecule has 5 heteroatoms. The fraction of sp³-hybridized carbons (Fsp3) is 0.600. The lowest BCUT2D eigenvalue weighted by molar-refractivity contribution is 0.0527. The van der Waals surface area contributed by atoms with Gasteiger partial charge in [0, 0.05) is 19.3 Å². The molecule has 0 radical (unpaired) electrons. The zero-order chi connectivity index (χ0) is 14.4. The highest BCUT2D eigenvalue weighted by Gasteiger charge is 2.27. The van der Waals surface area contributed by atoms with Crippen molar-refractivity contribution in [1.29, 1.82) is 0 Å². The Balaban J connectivity index is 2.03. The number of carbonyl (C=O) groups excluding carboxylic acids is 1. The molecule has 0 aliphatic carbocycles. The monoisotopic (exact) mass is 277 g/mol. The van der Waals surface area contributed by atoms with Crippen LogP contribution in [0.5, 0.6) is 0 Å². The van der Waals surface area contributed by atoms with Crippen LogP contribution in [0.15, 0.2) is 18.3 Å². The third kappa shape index (κ3) is 3.70. The van der Waals surface area contributed by atoms with E-state index in [0.29, 0.717) is 18.0 Å². The molecular weight excluding hydrogens is 254 g/mol. The molecule has 1 aliphatic heterocycles. The first-order chi connectivity index (χ1) is 9.64. The number of carbonyl (C=O) groups is 1. The molecule has 0 bridgehead atoms. The number of nitrogens with one attached hydrogen (secondary N) is 2. The van der Waals surface area contributed by atoms with E-state index in [0.717, 1.165) is 19.6 Å². The molecule has 1 fully saturated rings. The highest BCUT2D eigenvalue weighted by molar-refractivity contribution is 5.94. The minimum atomic E-state index is -0.324. The Labute approximate surface area is 120 Å². The Kier molecular flexibility index (Phi) is 4.95. The second-order valence-electron chi connectivity index (χ2n) is 5.56. The molecule has 5 nitrogen and oxygen atoms in total. The molecule has 1 unspecified atom stereocenters. The van der Waals surface area contributed by atoms with Gasteiger partial charge < -0.3 is 15.4 Å². The Bertz CT molecular complexity index is 456. The fourth-order valence-corrected chi connectivity index (χ4v) is 2.49. The van der Waals surface area contributed by atoms with Crippen molar-refractivity contribution in [2.45, 2.75) is 26.7 Å². The number of hydrogen-bond acceptors (Lipinski definition) is 5. The standard InChI is InChI=1S/C15H23N3O2/c1-3-20-14(19)12-6-4-9-17-13(12)18-11-15(2)7-5-8-16-10-15/h4,6,9,16H,3,5,7-8,10-11H2,1-2H3,(H,17,18). The summed E-state index contributed by atoms with van der Waals surface area (Å²) in [6.07, 6.45) is 4.05. The molecule has 0 amide bonds. The van der Waals surface area contributed by atoms with Gasteiger partial charge in [-0.15, -0.1) is 0 Å². The van der Waals surface area contributed by atoms with Crippen LogP contribution in [-0.2, 0) is 4.74 Å². The molecule has 0 aromatic carbocycles. The van der Waals surface area contributed by atoms with Gasteiger partial charge in [0.1, 0.15) is 11.4 Å². The van der Waals surface area contributed by atoms with E-state index in [4.69, 9.17) is 4.74 Å². The van der Waals surface area contributed by atoms with Gasteiger partial charge in [-0.05, 0) is 43.9 Å². The number of rotatable bonds is 5. The topological polar surface area (TPSA) is 63.2 Å². The van der Waals surface area contributed by atoms with Gasteiger partial charge in [-0.1, -0.05) is 6.92 Å². The summed E-state index contributed by atoms with van der Waals surface area (Å²) in [6.45, 7) is 7.29. The van der Waals surface area contributed by atoms with Crippen molar-refractivity contribution >= 4 is 11.8 Å². The smallest absolute Gasteiger partial charge is 0.341 e. The number of anilines is 1. The highest BCUT2D eigenvalue weighted by atomic mass is 16.5. The molecule has 0 saturated carbocycles. The molecule has 1 atom stereocenters. The number of hydrogen-bond donors (Lipinski definition) is 2. The Hall–Kier alpha value is -1.62. The molecule has 1 saturated heterocycles. The number of aromatic nitrogens is 1. The third-order valence-electron chi connectivity index (χ3n) is 3.67. The highest BCUT2D eigenvalue weighted by Crippen LogP contribution is 2.26. The van der Waals surface area contributed by atoms with E-state index in [1.54, 1.807) is 25.3 Å². The second-order valence-corrected chi connectivity index (χ2v) is 5.56. The zero-order valence-electron chi connectivity index (χ0n) is 12.2. The van der Waals surface area contributed by atoms with E-state index in [9.17, 15) is 4.79 Å². The molecule has 1 aromatic heterocycles. The van der Waals surface area contributed by atoms with E-state index < -0.39 is 0 Å². The lowest BCUT2D eigenvalue weighted by atomic mass is 9.83. The molecule has 110 valence electrons. The molecule has 1 aromatic rings. The Morgan fingerprint density at radius 3 is 3.15 bits per heavy atom. The van der Waals surface area contributed by atoms with Crippen LogP contribution in [0.1, 0.15) is 37.0 Å². The summed E-state index contributed by atoms with van der Waals surface area (Å²) in [5, 5.41) is 6.73. The molecule has 2 heterocycles. The van der Waals surface area contributed by atoms with Gasteiger partial charge in [-0.25, -0.2) is 9.78 Å². The van der Waals surface area contributed by atoms with Crippen LogP contribution in [0.4, 0.5) is 5.82 Å². The lowest BCUT2D eigenvalue weighted by Crippen LogP contribution is -2.42. The normalized spacial score (nSPS) is 22.3. The minimum absolute atomic E-state index is 0.196. The average Bonchev–Trinajstić information content (AvgIpc) is 2.47. The molecule has 2 N–H and O–H groups in total. The maximum atomic E-state index is 11.9. The number of piperidine rings is 1. The predicted octanol–water partition coefficient (Wildman–Crippen LogP) is 2.06. The van der Waals surface area contributed by atoms with E-state index in [1.807, 2.05) is 0 Å². The maximum absolute atomic E-state index is 11.9. The van der Waals surface area contributed by atoms with Gasteiger partial charge in [-0.3, -0.25) is 0 Å². The summed E-state index contributed by atoms with van der Waals surface area (Å²) in [7, 11) is 0. The summed E-state index contributed by atoms with van der Waals surface area (Å²) in [6, 6.07) is 3.50. The first-order valence-corrected chi connectivity index (χ1v) is 7.21. The fourth-order valence-electron chi connectivity index (χ4n) is 2.49. The minimum Gasteiger partial charge on any atom is -0.462 e. The summed E-state index contributed by atoms with van der Waals surface area (Å²) >= 11 is 0. The van der Waals surface area contributed by atoms with Crippen LogP contribution in [-0.4, -0.2) is 37.2 Å². The van der Waals surface area contributed by atoms with Crippen molar-refractivity contribution in [3.63, 3.8) is 0 Å². The van der Waals surface area contributed by atoms with Crippen molar-refractivity contribution in [3.8, 4) is 0 Å². The number of nitrogens with zero attached hydrogens (tertiary/aromatic N) is 1. The number of ether oxygens (including phenoxy) is 1. The number of pyridine rings is 1. The van der Waals surface area contributed by atoms with E-state index in [2.05, 4.69) is 22.5 Å². The van der Waals surface area contributed by atoms with Crippen LogP contribution in [0.2, 0.25) is 0 Å². The van der Waals surface area contributed by atoms with Crippen molar-refractivity contribution in [2.75, 3.05) is 31.6 Å². The summed E-state index contributed by atoms with van der Waals surface area (Å²) < 4.78 is 5.05. The van der Waals surface area contributed by atoms with Gasteiger partial charge in [0.2, 0.25) is 0 Å². The van der Waals surface area contributed by atoms with Gasteiger partial charge >= 0.3 is 5.97 Å². The van der Waals surface area contributed by atoms with Crippen LogP contribution >= 0.6 is 0 Å². The lowest BCUT2D eigenvalue weighted by Gasteiger charge is -2.34. The summed E-state index contributed by atoms with van der Waals surface area (Å²) in [4.78, 5) is 16.1. The molecule has 20 heavy (non-hydrogen) atoms. The van der Waals surface area contributed by atoms with Crippen LogP contribution < -0.4 is 10.6 Å². The molecule has 1 aliphatic rings. The molecule has 2 rings (SSSR count). The van der Waals surface area contributed by atoms with Gasteiger partial charge in [0.05, 0.1) is 6.61 Å². The quantitative estimate of drug-likeness (QED) is 0.807. The molecule has 0 spiro atoms. The van der Waals surface area contributed by atoms with Crippen LogP contribution in [0, 0.1) is 5.41 Å². The Morgan fingerprint density at radius 2 is 2.45 bits per heavy atom. The van der Waals surface area contributed by atoms with Gasteiger partial charge in [0.15, 0.2) is 0 Å². The summed E-state index contributed by atoms with van der Waals surface area (Å²) in [5.74, 6) is 0.285. The largest absolute Gasteiger partial charge is 0.462 e. The third-order valence-corrected chi connectivity index (χ3v) is 3.67. The van der Waals surface area contributed by atoms with Crippen molar-refractivity contribution in [3.05, 3.63) is 23.9 Å².